The Morgan fingerprint density at radius 2 is 1.74 bits per heavy atom. The minimum atomic E-state index is -0.351. The van der Waals surface area contributed by atoms with Crippen LogP contribution in [0, 0.1) is 9.39 Å². The maximum atomic E-state index is 13.0. The third-order valence-electron chi connectivity index (χ3n) is 2.42. The summed E-state index contributed by atoms with van der Waals surface area (Å²) in [6, 6.07) is 8.75. The van der Waals surface area contributed by atoms with Gasteiger partial charge in [-0.25, -0.2) is 4.39 Å². The lowest BCUT2D eigenvalue weighted by Crippen LogP contribution is -2.13. The van der Waals surface area contributed by atoms with Gasteiger partial charge in [-0.15, -0.1) is 0 Å². The van der Waals surface area contributed by atoms with Crippen LogP contribution >= 0.6 is 22.6 Å². The molecule has 0 spiro atoms. The standard InChI is InChI=1S/C13H11FIN3O/c14-8-1-2-12(11(15)5-8)18-13(19)7-3-9(16)6-10(17)4-7/h1-6H,16-17H2,(H,18,19). The molecule has 0 aliphatic rings. The van der Waals surface area contributed by atoms with E-state index >= 15 is 0 Å². The second kappa shape index (κ2) is 5.43. The zero-order valence-electron chi connectivity index (χ0n) is 9.78. The SMILES string of the molecule is Nc1cc(N)cc(C(=O)Nc2ccc(F)cc2I)c1. The number of nitrogens with one attached hydrogen (secondary N) is 1. The smallest absolute Gasteiger partial charge is 0.255 e. The van der Waals surface area contributed by atoms with E-state index in [1.807, 2.05) is 22.6 Å². The molecule has 4 nitrogen and oxygen atoms in total. The molecule has 0 aliphatic heterocycles. The van der Waals surface area contributed by atoms with Crippen molar-refractivity contribution in [1.29, 1.82) is 0 Å². The second-order valence-corrected chi connectivity index (χ2v) is 5.13. The molecule has 0 saturated heterocycles. The highest BCUT2D eigenvalue weighted by molar-refractivity contribution is 14.1. The summed E-state index contributed by atoms with van der Waals surface area (Å²) in [5.74, 6) is -0.695. The molecule has 19 heavy (non-hydrogen) atoms. The number of carbonyl (C=O) groups excluding carboxylic acids is 1. The Hall–Kier alpha value is -1.83. The number of amides is 1. The van der Waals surface area contributed by atoms with Gasteiger partial charge in [0.25, 0.3) is 5.91 Å². The van der Waals surface area contributed by atoms with Crippen LogP contribution in [0.1, 0.15) is 10.4 Å². The van der Waals surface area contributed by atoms with Crippen molar-refractivity contribution in [1.82, 2.24) is 0 Å². The topological polar surface area (TPSA) is 81.1 Å². The first-order valence-corrected chi connectivity index (χ1v) is 6.46. The molecular weight excluding hydrogens is 360 g/mol. The van der Waals surface area contributed by atoms with E-state index in [-0.39, 0.29) is 11.7 Å². The van der Waals surface area contributed by atoms with Gasteiger partial charge < -0.3 is 16.8 Å². The van der Waals surface area contributed by atoms with Crippen LogP contribution in [0.15, 0.2) is 36.4 Å². The van der Waals surface area contributed by atoms with E-state index in [2.05, 4.69) is 5.32 Å². The molecule has 0 fully saturated rings. The summed E-state index contributed by atoms with van der Waals surface area (Å²) in [6.07, 6.45) is 0. The van der Waals surface area contributed by atoms with Gasteiger partial charge >= 0.3 is 0 Å². The maximum absolute atomic E-state index is 13.0. The summed E-state index contributed by atoms with van der Waals surface area (Å²) in [4.78, 5) is 12.0. The first-order chi connectivity index (χ1) is 8.95. The second-order valence-electron chi connectivity index (χ2n) is 3.97. The number of hydrogen-bond acceptors (Lipinski definition) is 3. The van der Waals surface area contributed by atoms with Crippen LogP contribution in [-0.2, 0) is 0 Å². The lowest BCUT2D eigenvalue weighted by molar-refractivity contribution is 0.102. The first kappa shape index (κ1) is 13.6. The van der Waals surface area contributed by atoms with Gasteiger partial charge in [0.1, 0.15) is 5.82 Å². The molecule has 0 bridgehead atoms. The number of halogens is 2. The van der Waals surface area contributed by atoms with Crippen molar-refractivity contribution in [2.45, 2.75) is 0 Å². The number of nitrogen functional groups attached to an aromatic ring is 2. The summed E-state index contributed by atoms with van der Waals surface area (Å²) >= 11 is 1.95. The molecule has 1 amide bonds. The van der Waals surface area contributed by atoms with E-state index in [1.165, 1.54) is 30.3 Å². The number of anilines is 3. The van der Waals surface area contributed by atoms with Crippen LogP contribution in [0.25, 0.3) is 0 Å². The number of nitrogens with two attached hydrogens (primary N) is 2. The molecule has 2 aromatic rings. The van der Waals surface area contributed by atoms with Gasteiger partial charge in [0.05, 0.1) is 5.69 Å². The van der Waals surface area contributed by atoms with Crippen molar-refractivity contribution in [3.05, 3.63) is 51.3 Å². The third-order valence-corrected chi connectivity index (χ3v) is 3.31. The molecule has 0 saturated carbocycles. The average Bonchev–Trinajstić information content (AvgIpc) is 2.31. The molecule has 0 atom stereocenters. The molecule has 0 aromatic heterocycles. The molecule has 2 aromatic carbocycles. The van der Waals surface area contributed by atoms with Gasteiger partial charge in [0.15, 0.2) is 0 Å². The fourth-order valence-corrected chi connectivity index (χ4v) is 2.21. The van der Waals surface area contributed by atoms with Crippen LogP contribution in [0.2, 0.25) is 0 Å². The quantitative estimate of drug-likeness (QED) is 0.561. The average molecular weight is 371 g/mol. The Labute approximate surface area is 123 Å². The molecular formula is C13H11FIN3O. The lowest BCUT2D eigenvalue weighted by atomic mass is 10.1. The van der Waals surface area contributed by atoms with Crippen LogP contribution in [0.3, 0.4) is 0 Å². The van der Waals surface area contributed by atoms with Crippen molar-refractivity contribution < 1.29 is 9.18 Å². The normalized spacial score (nSPS) is 10.2. The highest BCUT2D eigenvalue weighted by Gasteiger charge is 2.10. The van der Waals surface area contributed by atoms with Crippen LogP contribution in [0.5, 0.6) is 0 Å². The van der Waals surface area contributed by atoms with Gasteiger partial charge in [0, 0.05) is 20.5 Å². The number of rotatable bonds is 2. The number of carbonyl (C=O) groups is 1. The van der Waals surface area contributed by atoms with E-state index in [0.29, 0.717) is 26.2 Å². The van der Waals surface area contributed by atoms with E-state index in [1.54, 1.807) is 6.07 Å². The Morgan fingerprint density at radius 3 is 2.32 bits per heavy atom. The minimum Gasteiger partial charge on any atom is -0.399 e. The molecule has 98 valence electrons. The molecule has 2 rings (SSSR count). The van der Waals surface area contributed by atoms with E-state index in [0.717, 1.165) is 0 Å². The summed E-state index contributed by atoms with van der Waals surface area (Å²) in [6.45, 7) is 0. The van der Waals surface area contributed by atoms with Gasteiger partial charge in [-0.1, -0.05) is 0 Å². The Bertz CT molecular complexity index is 626. The lowest BCUT2D eigenvalue weighted by Gasteiger charge is -2.08. The zero-order valence-corrected chi connectivity index (χ0v) is 11.9. The van der Waals surface area contributed by atoms with Gasteiger partial charge in [-0.2, -0.15) is 0 Å². The van der Waals surface area contributed by atoms with Crippen molar-refractivity contribution in [2.24, 2.45) is 0 Å². The van der Waals surface area contributed by atoms with Gasteiger partial charge in [-0.3, -0.25) is 4.79 Å². The van der Waals surface area contributed by atoms with E-state index < -0.39 is 0 Å². The highest BCUT2D eigenvalue weighted by atomic mass is 127. The molecule has 6 heteroatoms. The van der Waals surface area contributed by atoms with Crippen molar-refractivity contribution in [2.75, 3.05) is 16.8 Å². The monoisotopic (exact) mass is 371 g/mol. The molecule has 0 heterocycles. The molecule has 0 unspecified atom stereocenters. The maximum Gasteiger partial charge on any atom is 0.255 e. The summed E-state index contributed by atoms with van der Waals surface area (Å²) in [5, 5.41) is 2.68. The predicted octanol–water partition coefficient (Wildman–Crippen LogP) is 2.85. The first-order valence-electron chi connectivity index (χ1n) is 5.38. The number of hydrogen-bond donors (Lipinski definition) is 3. The van der Waals surface area contributed by atoms with Crippen LogP contribution < -0.4 is 16.8 Å². The fourth-order valence-electron chi connectivity index (χ4n) is 1.59. The van der Waals surface area contributed by atoms with Gasteiger partial charge in [0.2, 0.25) is 0 Å². The third kappa shape index (κ3) is 3.34. The van der Waals surface area contributed by atoms with Crippen molar-refractivity contribution >= 4 is 45.6 Å². The zero-order chi connectivity index (χ0) is 14.0. The number of benzene rings is 2. The highest BCUT2D eigenvalue weighted by Crippen LogP contribution is 2.21. The molecule has 0 aliphatic carbocycles. The largest absolute Gasteiger partial charge is 0.399 e. The summed E-state index contributed by atoms with van der Waals surface area (Å²) in [7, 11) is 0. The minimum absolute atomic E-state index is 0.344. The Kier molecular flexibility index (Phi) is 3.89. The summed E-state index contributed by atoms with van der Waals surface area (Å²) < 4.78 is 13.6. The van der Waals surface area contributed by atoms with Crippen molar-refractivity contribution in [3.63, 3.8) is 0 Å². The molecule has 0 radical (unpaired) electrons. The van der Waals surface area contributed by atoms with Crippen molar-refractivity contribution in [3.8, 4) is 0 Å². The van der Waals surface area contributed by atoms with E-state index in [4.69, 9.17) is 11.5 Å². The van der Waals surface area contributed by atoms with E-state index in [9.17, 15) is 9.18 Å². The predicted molar refractivity (Wildman–Crippen MR) is 82.3 cm³/mol. The van der Waals surface area contributed by atoms with Crippen LogP contribution in [0.4, 0.5) is 21.5 Å². The van der Waals surface area contributed by atoms with Gasteiger partial charge in [-0.05, 0) is 59.0 Å². The Balaban J connectivity index is 2.25. The fraction of sp³-hybridized carbons (Fsp3) is 0. The van der Waals surface area contributed by atoms with Crippen LogP contribution in [-0.4, -0.2) is 5.91 Å². The molecule has 5 N–H and O–H groups in total. The summed E-state index contributed by atoms with van der Waals surface area (Å²) in [5.41, 5.74) is 13.0. The Morgan fingerprint density at radius 1 is 1.11 bits per heavy atom.